The molecule has 1 heterocycles. The number of rotatable bonds is 4. The fourth-order valence-electron chi connectivity index (χ4n) is 2.20. The normalized spacial score (nSPS) is 13.2. The Morgan fingerprint density at radius 2 is 1.86 bits per heavy atom. The number of aryl methyl sites for hydroxylation is 1. The summed E-state index contributed by atoms with van der Waals surface area (Å²) in [6.45, 7) is 1.92. The summed E-state index contributed by atoms with van der Waals surface area (Å²) in [4.78, 5) is 4.01. The fraction of sp³-hybridized carbons (Fsp3) is 0.267. The summed E-state index contributed by atoms with van der Waals surface area (Å²) in [5.74, 6) is 5.57. The lowest BCUT2D eigenvalue weighted by atomic mass is 9.96. The maximum absolute atomic E-state index is 12.5. The van der Waals surface area contributed by atoms with Crippen LogP contribution in [0.25, 0.3) is 0 Å². The van der Waals surface area contributed by atoms with Crippen LogP contribution in [0.3, 0.4) is 0 Å². The molecule has 0 aliphatic rings. The highest BCUT2D eigenvalue weighted by Crippen LogP contribution is 2.29. The van der Waals surface area contributed by atoms with E-state index in [2.05, 4.69) is 10.4 Å². The predicted octanol–water partition coefficient (Wildman–Crippen LogP) is 3.16. The molecule has 0 amide bonds. The van der Waals surface area contributed by atoms with Gasteiger partial charge in [-0.25, -0.2) is 0 Å². The zero-order chi connectivity index (χ0) is 15.5. The summed E-state index contributed by atoms with van der Waals surface area (Å²) in [5.41, 5.74) is 4.79. The number of aromatic nitrogens is 1. The summed E-state index contributed by atoms with van der Waals surface area (Å²) in [6, 6.07) is 6.80. The van der Waals surface area contributed by atoms with Gasteiger partial charge in [-0.2, -0.15) is 13.2 Å². The summed E-state index contributed by atoms with van der Waals surface area (Å²) >= 11 is 0. The summed E-state index contributed by atoms with van der Waals surface area (Å²) in [5, 5.41) is 0. The van der Waals surface area contributed by atoms with Gasteiger partial charge in [0.05, 0.1) is 11.6 Å². The number of hydrazine groups is 1. The number of hydrogen-bond donors (Lipinski definition) is 2. The van der Waals surface area contributed by atoms with Crippen LogP contribution >= 0.6 is 0 Å². The summed E-state index contributed by atoms with van der Waals surface area (Å²) in [6.07, 6.45) is -0.420. The molecule has 0 spiro atoms. The molecule has 0 saturated heterocycles. The topological polar surface area (TPSA) is 50.9 Å². The summed E-state index contributed by atoms with van der Waals surface area (Å²) in [7, 11) is 0. The molecule has 2 aromatic rings. The number of hydrogen-bond acceptors (Lipinski definition) is 3. The lowest BCUT2D eigenvalue weighted by Gasteiger charge is -2.18. The molecule has 0 fully saturated rings. The van der Waals surface area contributed by atoms with Crippen molar-refractivity contribution in [2.45, 2.75) is 25.6 Å². The van der Waals surface area contributed by atoms with Gasteiger partial charge in [0, 0.05) is 12.4 Å². The molecule has 3 N–H and O–H groups in total. The Balaban J connectivity index is 2.18. The lowest BCUT2D eigenvalue weighted by Crippen LogP contribution is -2.30. The molecular formula is C15H16F3N3. The van der Waals surface area contributed by atoms with Gasteiger partial charge in [0.15, 0.2) is 0 Å². The average molecular weight is 295 g/mol. The van der Waals surface area contributed by atoms with Gasteiger partial charge in [0.25, 0.3) is 0 Å². The SMILES string of the molecule is Cc1cnccc1C(Cc1ccc(C(F)(F)F)cc1)NN. The quantitative estimate of drug-likeness (QED) is 0.673. The molecule has 21 heavy (non-hydrogen) atoms. The molecule has 2 rings (SSSR count). The minimum atomic E-state index is -4.31. The van der Waals surface area contributed by atoms with E-state index in [1.165, 1.54) is 12.1 Å². The molecule has 1 unspecified atom stereocenters. The Morgan fingerprint density at radius 1 is 1.19 bits per heavy atom. The molecule has 112 valence electrons. The van der Waals surface area contributed by atoms with Crippen molar-refractivity contribution in [1.29, 1.82) is 0 Å². The first kappa shape index (κ1) is 15.5. The van der Waals surface area contributed by atoms with Gasteiger partial charge < -0.3 is 0 Å². The number of alkyl halides is 3. The Labute approximate surface area is 121 Å². The van der Waals surface area contributed by atoms with E-state index < -0.39 is 11.7 Å². The Morgan fingerprint density at radius 3 is 2.38 bits per heavy atom. The number of halogens is 3. The van der Waals surface area contributed by atoms with E-state index in [0.717, 1.165) is 28.8 Å². The zero-order valence-electron chi connectivity index (χ0n) is 11.5. The largest absolute Gasteiger partial charge is 0.416 e. The van der Waals surface area contributed by atoms with E-state index in [0.29, 0.717) is 6.42 Å². The molecule has 6 heteroatoms. The van der Waals surface area contributed by atoms with E-state index in [1.807, 2.05) is 13.0 Å². The molecule has 0 radical (unpaired) electrons. The monoisotopic (exact) mass is 295 g/mol. The van der Waals surface area contributed by atoms with Crippen LogP contribution < -0.4 is 11.3 Å². The molecule has 1 atom stereocenters. The van der Waals surface area contributed by atoms with E-state index in [4.69, 9.17) is 5.84 Å². The first-order valence-corrected chi connectivity index (χ1v) is 6.44. The van der Waals surface area contributed by atoms with Crippen LogP contribution in [0.4, 0.5) is 13.2 Å². The van der Waals surface area contributed by atoms with E-state index >= 15 is 0 Å². The van der Waals surface area contributed by atoms with Crippen molar-refractivity contribution in [1.82, 2.24) is 10.4 Å². The predicted molar refractivity (Wildman–Crippen MR) is 74.2 cm³/mol. The van der Waals surface area contributed by atoms with Crippen LogP contribution in [0.1, 0.15) is 28.3 Å². The van der Waals surface area contributed by atoms with Crippen LogP contribution in [0, 0.1) is 6.92 Å². The third kappa shape index (κ3) is 3.80. The molecule has 0 aliphatic carbocycles. The van der Waals surface area contributed by atoms with Crippen molar-refractivity contribution in [2.24, 2.45) is 5.84 Å². The minimum Gasteiger partial charge on any atom is -0.271 e. The van der Waals surface area contributed by atoms with Crippen molar-refractivity contribution in [3.63, 3.8) is 0 Å². The number of nitrogens with one attached hydrogen (secondary N) is 1. The number of benzene rings is 1. The van der Waals surface area contributed by atoms with Gasteiger partial charge in [-0.1, -0.05) is 12.1 Å². The zero-order valence-corrected chi connectivity index (χ0v) is 11.5. The Bertz CT molecular complexity index is 594. The summed E-state index contributed by atoms with van der Waals surface area (Å²) < 4.78 is 37.6. The van der Waals surface area contributed by atoms with Crippen LogP contribution in [0.5, 0.6) is 0 Å². The first-order valence-electron chi connectivity index (χ1n) is 6.44. The molecule has 1 aromatic heterocycles. The standard InChI is InChI=1S/C15H16F3N3/c1-10-9-20-7-6-13(10)14(21-19)8-11-2-4-12(5-3-11)15(16,17)18/h2-7,9,14,21H,8,19H2,1H3. The smallest absolute Gasteiger partial charge is 0.271 e. The van der Waals surface area contributed by atoms with Crippen LogP contribution in [-0.2, 0) is 12.6 Å². The first-order chi connectivity index (χ1) is 9.91. The molecule has 3 nitrogen and oxygen atoms in total. The van der Waals surface area contributed by atoms with Crippen LogP contribution in [0.2, 0.25) is 0 Å². The fourth-order valence-corrected chi connectivity index (χ4v) is 2.20. The Kier molecular flexibility index (Phi) is 4.59. The van der Waals surface area contributed by atoms with Crippen molar-refractivity contribution in [3.05, 3.63) is 65.0 Å². The number of nitrogens with zero attached hydrogens (tertiary/aromatic N) is 1. The van der Waals surface area contributed by atoms with Crippen LogP contribution in [-0.4, -0.2) is 4.98 Å². The van der Waals surface area contributed by atoms with Gasteiger partial charge in [-0.3, -0.25) is 16.3 Å². The van der Waals surface area contributed by atoms with Crippen molar-refractivity contribution in [2.75, 3.05) is 0 Å². The number of pyridine rings is 1. The van der Waals surface area contributed by atoms with Gasteiger partial charge >= 0.3 is 6.18 Å². The van der Waals surface area contributed by atoms with Gasteiger partial charge in [0.1, 0.15) is 0 Å². The third-order valence-electron chi connectivity index (χ3n) is 3.36. The molecule has 1 aromatic carbocycles. The lowest BCUT2D eigenvalue weighted by molar-refractivity contribution is -0.137. The second-order valence-electron chi connectivity index (χ2n) is 4.85. The maximum Gasteiger partial charge on any atom is 0.416 e. The second kappa shape index (κ2) is 6.24. The van der Waals surface area contributed by atoms with E-state index in [-0.39, 0.29) is 6.04 Å². The van der Waals surface area contributed by atoms with Gasteiger partial charge in [0.2, 0.25) is 0 Å². The average Bonchev–Trinajstić information content (AvgIpc) is 2.45. The number of nitrogens with two attached hydrogens (primary N) is 1. The van der Waals surface area contributed by atoms with Gasteiger partial charge in [-0.15, -0.1) is 0 Å². The highest BCUT2D eigenvalue weighted by molar-refractivity contribution is 5.30. The molecule has 0 bridgehead atoms. The second-order valence-corrected chi connectivity index (χ2v) is 4.85. The van der Waals surface area contributed by atoms with Crippen molar-refractivity contribution < 1.29 is 13.2 Å². The van der Waals surface area contributed by atoms with E-state index in [9.17, 15) is 13.2 Å². The van der Waals surface area contributed by atoms with Gasteiger partial charge in [-0.05, 0) is 48.2 Å². The van der Waals surface area contributed by atoms with Crippen LogP contribution in [0.15, 0.2) is 42.7 Å². The Hall–Kier alpha value is -1.92. The highest BCUT2D eigenvalue weighted by atomic mass is 19.4. The van der Waals surface area contributed by atoms with E-state index in [1.54, 1.807) is 12.4 Å². The minimum absolute atomic E-state index is 0.176. The molecular weight excluding hydrogens is 279 g/mol. The van der Waals surface area contributed by atoms with Crippen molar-refractivity contribution in [3.8, 4) is 0 Å². The molecule has 0 aliphatic heterocycles. The highest BCUT2D eigenvalue weighted by Gasteiger charge is 2.30. The third-order valence-corrected chi connectivity index (χ3v) is 3.36. The maximum atomic E-state index is 12.5. The van der Waals surface area contributed by atoms with Crippen molar-refractivity contribution >= 4 is 0 Å². The molecule has 0 saturated carbocycles.